The Balaban J connectivity index is 1.51. The maximum Gasteiger partial charge on any atom is 0.266 e. The van der Waals surface area contributed by atoms with Gasteiger partial charge < -0.3 is 5.32 Å². The smallest absolute Gasteiger partial charge is 0.266 e. The third-order valence-electron chi connectivity index (χ3n) is 4.05. The van der Waals surface area contributed by atoms with E-state index < -0.39 is 0 Å². The average Bonchev–Trinajstić information content (AvgIpc) is 3.23. The summed E-state index contributed by atoms with van der Waals surface area (Å²) in [7, 11) is 0. The van der Waals surface area contributed by atoms with Gasteiger partial charge in [-0.15, -0.1) is 10.2 Å². The molecule has 6 nitrogen and oxygen atoms in total. The Morgan fingerprint density at radius 3 is 2.71 bits per heavy atom. The SMILES string of the molecule is CCc1nnc(NC(=O)CCCN2C(=O)C(=Cc3ccc(C)cc3)SC2=S)s1. The van der Waals surface area contributed by atoms with E-state index in [1.54, 1.807) is 4.90 Å². The molecule has 1 fully saturated rings. The van der Waals surface area contributed by atoms with E-state index in [4.69, 9.17) is 12.2 Å². The number of anilines is 1. The van der Waals surface area contributed by atoms with E-state index in [9.17, 15) is 9.59 Å². The lowest BCUT2D eigenvalue weighted by molar-refractivity contribution is -0.122. The number of amides is 2. The first-order valence-corrected chi connectivity index (χ1v) is 10.9. The van der Waals surface area contributed by atoms with E-state index in [2.05, 4.69) is 15.5 Å². The molecule has 0 bridgehead atoms. The predicted molar refractivity (Wildman–Crippen MR) is 118 cm³/mol. The van der Waals surface area contributed by atoms with Crippen LogP contribution in [0.4, 0.5) is 5.13 Å². The number of rotatable bonds is 7. The van der Waals surface area contributed by atoms with Crippen molar-refractivity contribution in [1.29, 1.82) is 0 Å². The lowest BCUT2D eigenvalue weighted by Gasteiger charge is -2.13. The Bertz CT molecular complexity index is 922. The molecule has 146 valence electrons. The third-order valence-corrected chi connectivity index (χ3v) is 6.41. The van der Waals surface area contributed by atoms with Crippen molar-refractivity contribution in [2.45, 2.75) is 33.1 Å². The van der Waals surface area contributed by atoms with Gasteiger partial charge in [-0.2, -0.15) is 0 Å². The molecule has 0 unspecified atom stereocenters. The van der Waals surface area contributed by atoms with Gasteiger partial charge in [-0.3, -0.25) is 14.5 Å². The molecule has 1 aliphatic rings. The van der Waals surface area contributed by atoms with Crippen LogP contribution < -0.4 is 5.32 Å². The van der Waals surface area contributed by atoms with Crippen LogP contribution in [0.2, 0.25) is 0 Å². The summed E-state index contributed by atoms with van der Waals surface area (Å²) in [4.78, 5) is 26.9. The Morgan fingerprint density at radius 1 is 1.29 bits per heavy atom. The summed E-state index contributed by atoms with van der Waals surface area (Å²) in [6.07, 6.45) is 3.45. The predicted octanol–water partition coefficient (Wildman–Crippen LogP) is 4.03. The lowest BCUT2D eigenvalue weighted by atomic mass is 10.1. The van der Waals surface area contributed by atoms with Crippen LogP contribution in [-0.2, 0) is 16.0 Å². The second-order valence-electron chi connectivity index (χ2n) is 6.25. The van der Waals surface area contributed by atoms with Gasteiger partial charge in [-0.05, 0) is 31.4 Å². The van der Waals surface area contributed by atoms with Crippen molar-refractivity contribution in [3.8, 4) is 0 Å². The number of aryl methyl sites for hydroxylation is 2. The number of nitrogens with one attached hydrogen (secondary N) is 1. The Morgan fingerprint density at radius 2 is 2.04 bits per heavy atom. The largest absolute Gasteiger partial charge is 0.301 e. The summed E-state index contributed by atoms with van der Waals surface area (Å²) in [5, 5.41) is 12.0. The maximum atomic E-state index is 12.6. The Labute approximate surface area is 177 Å². The van der Waals surface area contributed by atoms with Crippen LogP contribution in [0.3, 0.4) is 0 Å². The van der Waals surface area contributed by atoms with Crippen molar-refractivity contribution in [2.24, 2.45) is 0 Å². The van der Waals surface area contributed by atoms with E-state index in [0.29, 0.717) is 27.3 Å². The highest BCUT2D eigenvalue weighted by molar-refractivity contribution is 8.26. The molecule has 0 aliphatic carbocycles. The number of thioether (sulfide) groups is 1. The van der Waals surface area contributed by atoms with Crippen molar-refractivity contribution >= 4 is 62.7 Å². The van der Waals surface area contributed by atoms with Crippen molar-refractivity contribution in [3.05, 3.63) is 45.3 Å². The molecule has 0 spiro atoms. The summed E-state index contributed by atoms with van der Waals surface area (Å²) >= 11 is 8.01. The molecule has 1 saturated heterocycles. The first kappa shape index (κ1) is 20.6. The van der Waals surface area contributed by atoms with E-state index in [0.717, 1.165) is 17.0 Å². The quantitative estimate of drug-likeness (QED) is 0.526. The van der Waals surface area contributed by atoms with Crippen molar-refractivity contribution in [2.75, 3.05) is 11.9 Å². The van der Waals surface area contributed by atoms with Gasteiger partial charge in [-0.1, -0.05) is 72.1 Å². The van der Waals surface area contributed by atoms with Gasteiger partial charge in [0.15, 0.2) is 0 Å². The molecule has 3 rings (SSSR count). The van der Waals surface area contributed by atoms with Crippen molar-refractivity contribution in [3.63, 3.8) is 0 Å². The molecule has 1 aromatic heterocycles. The number of nitrogens with zero attached hydrogens (tertiary/aromatic N) is 3. The number of carbonyl (C=O) groups excluding carboxylic acids is 2. The number of aromatic nitrogens is 2. The third kappa shape index (κ3) is 5.24. The standard InChI is InChI=1S/C19H20N4O2S3/c1-3-16-21-22-18(28-16)20-15(24)5-4-10-23-17(25)14(27-19(23)26)11-13-8-6-12(2)7-9-13/h6-9,11H,3-5,10H2,1-2H3,(H,20,22,24). The molecule has 0 radical (unpaired) electrons. The molecule has 0 saturated carbocycles. The fourth-order valence-electron chi connectivity index (χ4n) is 2.53. The molecule has 9 heteroatoms. The minimum absolute atomic E-state index is 0.104. The minimum Gasteiger partial charge on any atom is -0.301 e. The van der Waals surface area contributed by atoms with Crippen LogP contribution in [0, 0.1) is 6.92 Å². The molecule has 1 aromatic carbocycles. The minimum atomic E-state index is -0.139. The summed E-state index contributed by atoms with van der Waals surface area (Å²) in [5.74, 6) is -0.243. The summed E-state index contributed by atoms with van der Waals surface area (Å²) in [6.45, 7) is 4.43. The first-order valence-electron chi connectivity index (χ1n) is 8.90. The average molecular weight is 433 g/mol. The van der Waals surface area contributed by atoms with Crippen LogP contribution in [-0.4, -0.2) is 37.8 Å². The zero-order valence-electron chi connectivity index (χ0n) is 15.6. The van der Waals surface area contributed by atoms with Gasteiger partial charge in [-0.25, -0.2) is 0 Å². The fraction of sp³-hybridized carbons (Fsp3) is 0.316. The maximum absolute atomic E-state index is 12.6. The van der Waals surface area contributed by atoms with Crippen LogP contribution in [0.1, 0.15) is 35.9 Å². The monoisotopic (exact) mass is 432 g/mol. The normalized spacial score (nSPS) is 15.5. The van der Waals surface area contributed by atoms with Crippen LogP contribution in [0.15, 0.2) is 29.2 Å². The Kier molecular flexibility index (Phi) is 6.93. The fourth-order valence-corrected chi connectivity index (χ4v) is 4.54. The highest BCUT2D eigenvalue weighted by atomic mass is 32.2. The van der Waals surface area contributed by atoms with Crippen LogP contribution >= 0.6 is 35.3 Å². The molecule has 1 N–H and O–H groups in total. The molecule has 1 aliphatic heterocycles. The molecule has 28 heavy (non-hydrogen) atoms. The van der Waals surface area contributed by atoms with Gasteiger partial charge in [0, 0.05) is 13.0 Å². The number of hydrogen-bond donors (Lipinski definition) is 1. The van der Waals surface area contributed by atoms with Crippen molar-refractivity contribution < 1.29 is 9.59 Å². The van der Waals surface area contributed by atoms with E-state index in [1.165, 1.54) is 28.7 Å². The molecular weight excluding hydrogens is 412 g/mol. The van der Waals surface area contributed by atoms with E-state index in [1.807, 2.05) is 44.2 Å². The Hall–Kier alpha value is -2.10. The van der Waals surface area contributed by atoms with Gasteiger partial charge in [0.25, 0.3) is 5.91 Å². The highest BCUT2D eigenvalue weighted by Crippen LogP contribution is 2.32. The summed E-state index contributed by atoms with van der Waals surface area (Å²) in [5.41, 5.74) is 2.14. The second kappa shape index (κ2) is 9.40. The molecule has 0 atom stereocenters. The van der Waals surface area contributed by atoms with Crippen molar-refractivity contribution in [1.82, 2.24) is 15.1 Å². The number of thiocarbonyl (C=S) groups is 1. The van der Waals surface area contributed by atoms with Gasteiger partial charge in [0.05, 0.1) is 4.91 Å². The van der Waals surface area contributed by atoms with E-state index in [-0.39, 0.29) is 18.2 Å². The summed E-state index contributed by atoms with van der Waals surface area (Å²) in [6, 6.07) is 7.96. The topological polar surface area (TPSA) is 75.2 Å². The highest BCUT2D eigenvalue weighted by Gasteiger charge is 2.31. The van der Waals surface area contributed by atoms with Gasteiger partial charge >= 0.3 is 0 Å². The number of hydrogen-bond acceptors (Lipinski definition) is 7. The van der Waals surface area contributed by atoms with Gasteiger partial charge in [0.2, 0.25) is 11.0 Å². The van der Waals surface area contributed by atoms with Gasteiger partial charge in [0.1, 0.15) is 9.33 Å². The zero-order chi connectivity index (χ0) is 20.1. The van der Waals surface area contributed by atoms with Crippen LogP contribution in [0.5, 0.6) is 0 Å². The molecule has 2 amide bonds. The number of benzene rings is 1. The summed E-state index contributed by atoms with van der Waals surface area (Å²) < 4.78 is 0.528. The zero-order valence-corrected chi connectivity index (χ0v) is 18.0. The molecule has 2 heterocycles. The first-order chi connectivity index (χ1) is 13.5. The van der Waals surface area contributed by atoms with Crippen LogP contribution in [0.25, 0.3) is 6.08 Å². The molecular formula is C19H20N4O2S3. The van der Waals surface area contributed by atoms with E-state index >= 15 is 0 Å². The molecule has 2 aromatic rings. The second-order valence-corrected chi connectivity index (χ2v) is 8.99. The number of carbonyl (C=O) groups is 2. The lowest BCUT2D eigenvalue weighted by Crippen LogP contribution is -2.29.